The Morgan fingerprint density at radius 1 is 1.39 bits per heavy atom. The second kappa shape index (κ2) is 6.64. The Morgan fingerprint density at radius 3 is 2.96 bits per heavy atom. The summed E-state index contributed by atoms with van der Waals surface area (Å²) in [5.41, 5.74) is 2.63. The average Bonchev–Trinajstić information content (AvgIpc) is 3.14. The molecule has 1 aliphatic heterocycles. The van der Waals surface area contributed by atoms with Gasteiger partial charge in [-0.1, -0.05) is 6.07 Å². The number of aryl methyl sites for hydroxylation is 2. The summed E-state index contributed by atoms with van der Waals surface area (Å²) in [5.74, 6) is 0.0746. The molecule has 120 valence electrons. The van der Waals surface area contributed by atoms with Gasteiger partial charge in [0.05, 0.1) is 6.20 Å². The van der Waals surface area contributed by atoms with Crippen LogP contribution in [0.4, 0.5) is 11.4 Å². The number of hydrogen-bond donors (Lipinski definition) is 1. The van der Waals surface area contributed by atoms with Crippen molar-refractivity contribution < 1.29 is 9.59 Å². The molecule has 2 amide bonds. The van der Waals surface area contributed by atoms with Crippen molar-refractivity contribution in [3.63, 3.8) is 0 Å². The first-order valence-corrected chi connectivity index (χ1v) is 7.81. The van der Waals surface area contributed by atoms with E-state index in [9.17, 15) is 9.59 Å². The molecule has 0 radical (unpaired) electrons. The number of nitrogens with one attached hydrogen (secondary N) is 1. The molecule has 1 fully saturated rings. The van der Waals surface area contributed by atoms with Crippen molar-refractivity contribution in [2.45, 2.75) is 32.7 Å². The normalized spacial score (nSPS) is 14.3. The first-order chi connectivity index (χ1) is 11.1. The Hall–Kier alpha value is -2.63. The second-order valence-electron chi connectivity index (χ2n) is 5.78. The number of anilines is 2. The zero-order chi connectivity index (χ0) is 16.2. The van der Waals surface area contributed by atoms with Crippen molar-refractivity contribution in [1.29, 1.82) is 0 Å². The van der Waals surface area contributed by atoms with E-state index in [4.69, 9.17) is 0 Å². The van der Waals surface area contributed by atoms with E-state index in [-0.39, 0.29) is 11.8 Å². The van der Waals surface area contributed by atoms with E-state index in [0.717, 1.165) is 24.2 Å². The molecule has 1 aliphatic rings. The molecule has 6 heteroatoms. The van der Waals surface area contributed by atoms with Crippen LogP contribution in [0, 0.1) is 6.92 Å². The Morgan fingerprint density at radius 2 is 2.26 bits per heavy atom. The maximum absolute atomic E-state index is 12.1. The molecule has 2 heterocycles. The quantitative estimate of drug-likeness (QED) is 0.921. The summed E-state index contributed by atoms with van der Waals surface area (Å²) in [5, 5.41) is 7.04. The van der Waals surface area contributed by atoms with Crippen LogP contribution in [0.1, 0.15) is 24.8 Å². The van der Waals surface area contributed by atoms with Gasteiger partial charge in [0, 0.05) is 43.5 Å². The van der Waals surface area contributed by atoms with E-state index >= 15 is 0 Å². The summed E-state index contributed by atoms with van der Waals surface area (Å²) in [6, 6.07) is 7.43. The SMILES string of the molecule is Cc1cnn(CCC(=O)Nc2cccc(N3CCCC3=O)c2)c1. The first-order valence-electron chi connectivity index (χ1n) is 7.81. The highest BCUT2D eigenvalue weighted by Gasteiger charge is 2.21. The van der Waals surface area contributed by atoms with E-state index in [1.165, 1.54) is 0 Å². The molecule has 3 rings (SSSR count). The number of carbonyl (C=O) groups excluding carboxylic acids is 2. The Labute approximate surface area is 135 Å². The zero-order valence-corrected chi connectivity index (χ0v) is 13.2. The number of carbonyl (C=O) groups is 2. The summed E-state index contributed by atoms with van der Waals surface area (Å²) >= 11 is 0. The van der Waals surface area contributed by atoms with Crippen LogP contribution >= 0.6 is 0 Å². The van der Waals surface area contributed by atoms with E-state index in [1.54, 1.807) is 15.8 Å². The molecular formula is C17H20N4O2. The van der Waals surface area contributed by atoms with Crippen LogP contribution in [-0.2, 0) is 16.1 Å². The van der Waals surface area contributed by atoms with Gasteiger partial charge in [0.1, 0.15) is 0 Å². The number of rotatable bonds is 5. The molecular weight excluding hydrogens is 292 g/mol. The third kappa shape index (κ3) is 3.77. The van der Waals surface area contributed by atoms with Crippen molar-refractivity contribution in [1.82, 2.24) is 9.78 Å². The van der Waals surface area contributed by atoms with E-state index in [1.807, 2.05) is 37.4 Å². The fourth-order valence-corrected chi connectivity index (χ4v) is 2.70. The number of amides is 2. The highest BCUT2D eigenvalue weighted by molar-refractivity contribution is 5.97. The van der Waals surface area contributed by atoms with Crippen LogP contribution in [0.2, 0.25) is 0 Å². The van der Waals surface area contributed by atoms with Gasteiger partial charge in [0.25, 0.3) is 0 Å². The summed E-state index contributed by atoms with van der Waals surface area (Å²) in [6.45, 7) is 3.26. The Bertz CT molecular complexity index is 723. The summed E-state index contributed by atoms with van der Waals surface area (Å²) < 4.78 is 1.76. The predicted molar refractivity (Wildman–Crippen MR) is 88.2 cm³/mol. The zero-order valence-electron chi connectivity index (χ0n) is 13.2. The average molecular weight is 312 g/mol. The molecule has 0 atom stereocenters. The molecule has 23 heavy (non-hydrogen) atoms. The van der Waals surface area contributed by atoms with E-state index in [2.05, 4.69) is 10.4 Å². The van der Waals surface area contributed by atoms with Crippen LogP contribution in [0.5, 0.6) is 0 Å². The molecule has 0 bridgehead atoms. The van der Waals surface area contributed by atoms with Gasteiger partial charge in [-0.05, 0) is 37.1 Å². The van der Waals surface area contributed by atoms with Gasteiger partial charge in [-0.2, -0.15) is 5.10 Å². The lowest BCUT2D eigenvalue weighted by Crippen LogP contribution is -2.23. The minimum Gasteiger partial charge on any atom is -0.326 e. The van der Waals surface area contributed by atoms with E-state index < -0.39 is 0 Å². The number of nitrogens with zero attached hydrogens (tertiary/aromatic N) is 3. The number of aromatic nitrogens is 2. The van der Waals surface area contributed by atoms with Gasteiger partial charge < -0.3 is 10.2 Å². The summed E-state index contributed by atoms with van der Waals surface area (Å²) in [4.78, 5) is 25.6. The van der Waals surface area contributed by atoms with Crippen LogP contribution in [-0.4, -0.2) is 28.1 Å². The number of benzene rings is 1. The molecule has 6 nitrogen and oxygen atoms in total. The Balaban J connectivity index is 1.59. The van der Waals surface area contributed by atoms with Gasteiger partial charge in [0.15, 0.2) is 0 Å². The van der Waals surface area contributed by atoms with Gasteiger partial charge in [-0.15, -0.1) is 0 Å². The molecule has 0 unspecified atom stereocenters. The van der Waals surface area contributed by atoms with Crippen LogP contribution in [0.15, 0.2) is 36.7 Å². The standard InChI is InChI=1S/C17H20N4O2/c1-13-11-18-20(12-13)9-7-16(22)19-14-4-2-5-15(10-14)21-8-3-6-17(21)23/h2,4-5,10-12H,3,6-9H2,1H3,(H,19,22). The molecule has 1 aromatic carbocycles. The van der Waals surface area contributed by atoms with Gasteiger partial charge >= 0.3 is 0 Å². The van der Waals surface area contributed by atoms with Crippen molar-refractivity contribution in [2.75, 3.05) is 16.8 Å². The molecule has 1 aromatic heterocycles. The molecule has 0 saturated carbocycles. The van der Waals surface area contributed by atoms with E-state index in [0.29, 0.717) is 25.1 Å². The summed E-state index contributed by atoms with van der Waals surface area (Å²) in [7, 11) is 0. The minimum absolute atomic E-state index is 0.0666. The van der Waals surface area contributed by atoms with Crippen LogP contribution in [0.25, 0.3) is 0 Å². The van der Waals surface area contributed by atoms with Gasteiger partial charge in [0.2, 0.25) is 11.8 Å². The molecule has 0 aliphatic carbocycles. The highest BCUT2D eigenvalue weighted by Crippen LogP contribution is 2.24. The van der Waals surface area contributed by atoms with Crippen LogP contribution < -0.4 is 10.2 Å². The van der Waals surface area contributed by atoms with Crippen molar-refractivity contribution >= 4 is 23.2 Å². The third-order valence-corrected chi connectivity index (χ3v) is 3.85. The molecule has 0 spiro atoms. The maximum Gasteiger partial charge on any atom is 0.227 e. The highest BCUT2D eigenvalue weighted by atomic mass is 16.2. The lowest BCUT2D eigenvalue weighted by Gasteiger charge is -2.16. The van der Waals surface area contributed by atoms with Crippen molar-refractivity contribution in [3.05, 3.63) is 42.2 Å². The van der Waals surface area contributed by atoms with Crippen LogP contribution in [0.3, 0.4) is 0 Å². The largest absolute Gasteiger partial charge is 0.326 e. The fourth-order valence-electron chi connectivity index (χ4n) is 2.70. The molecule has 1 saturated heterocycles. The van der Waals surface area contributed by atoms with Crippen molar-refractivity contribution in [3.8, 4) is 0 Å². The minimum atomic E-state index is -0.0666. The first kappa shape index (κ1) is 15.3. The van der Waals surface area contributed by atoms with Gasteiger partial charge in [-0.3, -0.25) is 14.3 Å². The topological polar surface area (TPSA) is 67.2 Å². The smallest absolute Gasteiger partial charge is 0.227 e. The lowest BCUT2D eigenvalue weighted by atomic mass is 10.2. The summed E-state index contributed by atoms with van der Waals surface area (Å²) in [6.07, 6.45) is 5.52. The Kier molecular flexibility index (Phi) is 4.41. The fraction of sp³-hybridized carbons (Fsp3) is 0.353. The maximum atomic E-state index is 12.1. The monoisotopic (exact) mass is 312 g/mol. The van der Waals surface area contributed by atoms with Gasteiger partial charge in [-0.25, -0.2) is 0 Å². The predicted octanol–water partition coefficient (Wildman–Crippen LogP) is 2.35. The van der Waals surface area contributed by atoms with Crippen molar-refractivity contribution in [2.24, 2.45) is 0 Å². The molecule has 1 N–H and O–H groups in total. The number of hydrogen-bond acceptors (Lipinski definition) is 3. The second-order valence-corrected chi connectivity index (χ2v) is 5.78. The molecule has 2 aromatic rings. The lowest BCUT2D eigenvalue weighted by molar-refractivity contribution is -0.117. The third-order valence-electron chi connectivity index (χ3n) is 3.85.